The van der Waals surface area contributed by atoms with Crippen molar-refractivity contribution in [3.05, 3.63) is 15.9 Å². The molecule has 1 unspecified atom stereocenters. The van der Waals surface area contributed by atoms with Gasteiger partial charge in [-0.3, -0.25) is 9.48 Å². The summed E-state index contributed by atoms with van der Waals surface area (Å²) in [5.41, 5.74) is 7.38. The van der Waals surface area contributed by atoms with Gasteiger partial charge in [-0.15, -0.1) is 0 Å². The average Bonchev–Trinajstić information content (AvgIpc) is 2.44. The number of aryl methyl sites for hydroxylation is 2. The lowest BCUT2D eigenvalue weighted by atomic mass is 10.4. The predicted octanol–water partition coefficient (Wildman–Crippen LogP) is 1.14. The first-order valence-electron chi connectivity index (χ1n) is 4.67. The summed E-state index contributed by atoms with van der Waals surface area (Å²) in [6.07, 6.45) is 0. The molecule has 0 amide bonds. The lowest BCUT2D eigenvalue weighted by Gasteiger charge is -2.06. The van der Waals surface area contributed by atoms with Gasteiger partial charge in [-0.25, -0.2) is 0 Å². The number of carboxylic acids is 1. The van der Waals surface area contributed by atoms with E-state index in [0.717, 1.165) is 15.9 Å². The Morgan fingerprint density at radius 2 is 2.38 bits per heavy atom. The summed E-state index contributed by atoms with van der Waals surface area (Å²) in [5.74, 6) is 0.123. The molecule has 7 heteroatoms. The Bertz CT molecular complexity index is 394. The second-order valence-corrected chi connectivity index (χ2v) is 5.25. The molecule has 0 fully saturated rings. The highest BCUT2D eigenvalue weighted by Crippen LogP contribution is 2.24. The second-order valence-electron chi connectivity index (χ2n) is 3.43. The standard InChI is InChI=1S/C9H14BrN3O2S/c1-5-8(10)7(13(2)12-5)4-16-3-6(11)9(14)15/h6H,3-4,11H2,1-2H3,(H,14,15). The van der Waals surface area contributed by atoms with Crippen molar-refractivity contribution < 1.29 is 9.90 Å². The van der Waals surface area contributed by atoms with Crippen LogP contribution >= 0.6 is 27.7 Å². The Hall–Kier alpha value is -0.530. The van der Waals surface area contributed by atoms with Crippen molar-refractivity contribution in [2.24, 2.45) is 12.8 Å². The molecule has 1 heterocycles. The minimum atomic E-state index is -0.965. The number of hydrogen-bond acceptors (Lipinski definition) is 4. The van der Waals surface area contributed by atoms with Gasteiger partial charge < -0.3 is 10.8 Å². The first-order valence-corrected chi connectivity index (χ1v) is 6.62. The van der Waals surface area contributed by atoms with E-state index in [1.165, 1.54) is 11.8 Å². The van der Waals surface area contributed by atoms with Crippen LogP contribution in [-0.4, -0.2) is 32.7 Å². The molecule has 0 aliphatic heterocycles. The summed E-state index contributed by atoms with van der Waals surface area (Å²) in [5, 5.41) is 12.9. The molecular weight excluding hydrogens is 294 g/mol. The number of rotatable bonds is 5. The van der Waals surface area contributed by atoms with Crippen LogP contribution in [0.2, 0.25) is 0 Å². The molecule has 1 aromatic rings. The molecule has 16 heavy (non-hydrogen) atoms. The van der Waals surface area contributed by atoms with E-state index in [-0.39, 0.29) is 0 Å². The molecule has 0 aliphatic carbocycles. The van der Waals surface area contributed by atoms with E-state index in [9.17, 15) is 4.79 Å². The summed E-state index contributed by atoms with van der Waals surface area (Å²) in [4.78, 5) is 10.5. The molecule has 1 rings (SSSR count). The SMILES string of the molecule is Cc1nn(C)c(CSCC(N)C(=O)O)c1Br. The molecular formula is C9H14BrN3O2S. The van der Waals surface area contributed by atoms with E-state index in [1.54, 1.807) is 4.68 Å². The summed E-state index contributed by atoms with van der Waals surface area (Å²) < 4.78 is 2.77. The molecule has 0 saturated carbocycles. The number of aromatic nitrogens is 2. The Morgan fingerprint density at radius 1 is 1.75 bits per heavy atom. The van der Waals surface area contributed by atoms with E-state index in [1.807, 2.05) is 14.0 Å². The fourth-order valence-electron chi connectivity index (χ4n) is 1.19. The third-order valence-corrected chi connectivity index (χ3v) is 4.22. The Balaban J connectivity index is 2.52. The Kier molecular flexibility index (Phi) is 4.82. The third kappa shape index (κ3) is 3.23. The number of aliphatic carboxylic acids is 1. The number of carbonyl (C=O) groups is 1. The Labute approximate surface area is 107 Å². The van der Waals surface area contributed by atoms with E-state index in [2.05, 4.69) is 21.0 Å². The predicted molar refractivity (Wildman–Crippen MR) is 67.4 cm³/mol. The number of thioether (sulfide) groups is 1. The molecule has 0 radical (unpaired) electrons. The van der Waals surface area contributed by atoms with Gasteiger partial charge in [0.2, 0.25) is 0 Å². The van der Waals surface area contributed by atoms with Gasteiger partial charge in [0.1, 0.15) is 6.04 Å². The van der Waals surface area contributed by atoms with Crippen LogP contribution in [0, 0.1) is 6.92 Å². The maximum atomic E-state index is 10.5. The highest BCUT2D eigenvalue weighted by atomic mass is 79.9. The fraction of sp³-hybridized carbons (Fsp3) is 0.556. The summed E-state index contributed by atoms with van der Waals surface area (Å²) in [7, 11) is 1.87. The monoisotopic (exact) mass is 307 g/mol. The zero-order chi connectivity index (χ0) is 12.3. The van der Waals surface area contributed by atoms with Crippen molar-refractivity contribution in [3.63, 3.8) is 0 Å². The number of nitrogens with zero attached hydrogens (tertiary/aromatic N) is 2. The summed E-state index contributed by atoms with van der Waals surface area (Å²) in [6, 6.07) is -0.807. The van der Waals surface area contributed by atoms with Crippen molar-refractivity contribution in [2.75, 3.05) is 5.75 Å². The highest BCUT2D eigenvalue weighted by molar-refractivity contribution is 9.10. The maximum absolute atomic E-state index is 10.5. The molecule has 0 saturated heterocycles. The molecule has 1 atom stereocenters. The van der Waals surface area contributed by atoms with Crippen LogP contribution in [0.5, 0.6) is 0 Å². The van der Waals surface area contributed by atoms with Crippen molar-refractivity contribution in [1.82, 2.24) is 9.78 Å². The van der Waals surface area contributed by atoms with Crippen LogP contribution in [0.25, 0.3) is 0 Å². The molecule has 90 valence electrons. The van der Waals surface area contributed by atoms with Crippen LogP contribution in [0.3, 0.4) is 0 Å². The third-order valence-electron chi connectivity index (χ3n) is 2.12. The van der Waals surface area contributed by atoms with Gasteiger partial charge in [-0.1, -0.05) is 0 Å². The molecule has 0 aromatic carbocycles. The minimum absolute atomic E-state index is 0.395. The molecule has 5 nitrogen and oxygen atoms in total. The largest absolute Gasteiger partial charge is 0.480 e. The van der Waals surface area contributed by atoms with Crippen LogP contribution in [-0.2, 0) is 17.6 Å². The second kappa shape index (κ2) is 5.70. The van der Waals surface area contributed by atoms with Gasteiger partial charge in [-0.2, -0.15) is 16.9 Å². The molecule has 0 bridgehead atoms. The first kappa shape index (κ1) is 13.5. The zero-order valence-electron chi connectivity index (χ0n) is 9.11. The topological polar surface area (TPSA) is 81.1 Å². The molecule has 0 aliphatic rings. The van der Waals surface area contributed by atoms with Crippen LogP contribution < -0.4 is 5.73 Å². The highest BCUT2D eigenvalue weighted by Gasteiger charge is 2.14. The van der Waals surface area contributed by atoms with Crippen LogP contribution in [0.15, 0.2) is 4.47 Å². The van der Waals surface area contributed by atoms with Gasteiger partial charge in [0.05, 0.1) is 15.9 Å². The summed E-state index contributed by atoms with van der Waals surface area (Å²) >= 11 is 4.94. The summed E-state index contributed by atoms with van der Waals surface area (Å²) in [6.45, 7) is 1.92. The lowest BCUT2D eigenvalue weighted by molar-refractivity contribution is -0.137. The van der Waals surface area contributed by atoms with E-state index in [4.69, 9.17) is 10.8 Å². The Morgan fingerprint density at radius 3 is 2.81 bits per heavy atom. The van der Waals surface area contributed by atoms with Gasteiger partial charge >= 0.3 is 5.97 Å². The number of halogens is 1. The van der Waals surface area contributed by atoms with E-state index >= 15 is 0 Å². The number of carboxylic acid groups (broad SMARTS) is 1. The maximum Gasteiger partial charge on any atom is 0.321 e. The van der Waals surface area contributed by atoms with Gasteiger partial charge in [-0.05, 0) is 22.9 Å². The zero-order valence-corrected chi connectivity index (χ0v) is 11.5. The number of hydrogen-bond donors (Lipinski definition) is 2. The number of nitrogens with two attached hydrogens (primary N) is 1. The lowest BCUT2D eigenvalue weighted by Crippen LogP contribution is -2.32. The van der Waals surface area contributed by atoms with Crippen LogP contribution in [0.1, 0.15) is 11.4 Å². The van der Waals surface area contributed by atoms with Crippen LogP contribution in [0.4, 0.5) is 0 Å². The van der Waals surface area contributed by atoms with Crippen molar-refractivity contribution in [1.29, 1.82) is 0 Å². The fourth-order valence-corrected chi connectivity index (χ4v) is 2.89. The average molecular weight is 308 g/mol. The van der Waals surface area contributed by atoms with Gasteiger partial charge in [0.15, 0.2) is 0 Å². The van der Waals surface area contributed by atoms with Gasteiger partial charge in [0.25, 0.3) is 0 Å². The quantitative estimate of drug-likeness (QED) is 0.852. The van der Waals surface area contributed by atoms with E-state index < -0.39 is 12.0 Å². The molecule has 1 aromatic heterocycles. The first-order chi connectivity index (χ1) is 7.43. The van der Waals surface area contributed by atoms with Crippen molar-refractivity contribution >= 4 is 33.7 Å². The van der Waals surface area contributed by atoms with Crippen molar-refractivity contribution in [3.8, 4) is 0 Å². The molecule has 3 N–H and O–H groups in total. The van der Waals surface area contributed by atoms with Gasteiger partial charge in [0, 0.05) is 18.6 Å². The van der Waals surface area contributed by atoms with Crippen molar-refractivity contribution in [2.45, 2.75) is 18.7 Å². The smallest absolute Gasteiger partial charge is 0.321 e. The normalized spacial score (nSPS) is 12.8. The van der Waals surface area contributed by atoms with E-state index in [0.29, 0.717) is 11.5 Å². The molecule has 0 spiro atoms. The minimum Gasteiger partial charge on any atom is -0.480 e.